The van der Waals surface area contributed by atoms with Gasteiger partial charge in [-0.3, -0.25) is 9.80 Å². The summed E-state index contributed by atoms with van der Waals surface area (Å²) in [5.74, 6) is 0.775. The first kappa shape index (κ1) is 14.7. The van der Waals surface area contributed by atoms with Gasteiger partial charge >= 0.3 is 0 Å². The standard InChI is InChI=1S/C15H26N6/c1-19(2)15-17-9-13(10-18-15)12-20-5-7-21(8-6-20)14-3-4-16-11-14/h9-10,14,16H,3-8,11-12H2,1-2H3. The Morgan fingerprint density at radius 3 is 2.48 bits per heavy atom. The molecule has 1 atom stereocenters. The van der Waals surface area contributed by atoms with Crippen LogP contribution in [0.2, 0.25) is 0 Å². The fraction of sp³-hybridized carbons (Fsp3) is 0.733. The van der Waals surface area contributed by atoms with Gasteiger partial charge in [0.15, 0.2) is 0 Å². The normalized spacial score (nSPS) is 24.4. The van der Waals surface area contributed by atoms with Gasteiger partial charge in [0.05, 0.1) is 0 Å². The first-order valence-electron chi connectivity index (χ1n) is 7.88. The minimum atomic E-state index is 0.759. The van der Waals surface area contributed by atoms with Crippen molar-refractivity contribution in [2.45, 2.75) is 19.0 Å². The Bertz CT molecular complexity index is 432. The fourth-order valence-corrected chi connectivity index (χ4v) is 3.16. The monoisotopic (exact) mass is 290 g/mol. The first-order chi connectivity index (χ1) is 10.2. The minimum Gasteiger partial charge on any atom is -0.347 e. The fourth-order valence-electron chi connectivity index (χ4n) is 3.16. The van der Waals surface area contributed by atoms with E-state index >= 15 is 0 Å². The molecule has 2 aliphatic rings. The molecule has 2 fully saturated rings. The van der Waals surface area contributed by atoms with Crippen molar-refractivity contribution < 1.29 is 0 Å². The van der Waals surface area contributed by atoms with Crippen molar-refractivity contribution in [3.8, 4) is 0 Å². The zero-order chi connectivity index (χ0) is 14.7. The number of aromatic nitrogens is 2. The number of rotatable bonds is 4. The van der Waals surface area contributed by atoms with Crippen molar-refractivity contribution in [1.29, 1.82) is 0 Å². The van der Waals surface area contributed by atoms with Crippen molar-refractivity contribution >= 4 is 5.95 Å². The van der Waals surface area contributed by atoms with E-state index in [0.717, 1.165) is 31.6 Å². The summed E-state index contributed by atoms with van der Waals surface area (Å²) in [6.07, 6.45) is 5.21. The van der Waals surface area contributed by atoms with Gasteiger partial charge in [-0.25, -0.2) is 9.97 Å². The van der Waals surface area contributed by atoms with Gasteiger partial charge in [-0.15, -0.1) is 0 Å². The molecule has 1 aromatic heterocycles. The number of anilines is 1. The number of hydrogen-bond donors (Lipinski definition) is 1. The molecule has 3 rings (SSSR count). The van der Waals surface area contributed by atoms with Crippen molar-refractivity contribution in [1.82, 2.24) is 25.1 Å². The second-order valence-corrected chi connectivity index (χ2v) is 6.24. The molecule has 3 heterocycles. The van der Waals surface area contributed by atoms with Crippen LogP contribution in [0.25, 0.3) is 0 Å². The van der Waals surface area contributed by atoms with Crippen LogP contribution in [0.5, 0.6) is 0 Å². The number of hydrogen-bond acceptors (Lipinski definition) is 6. The third-order valence-corrected chi connectivity index (χ3v) is 4.46. The molecule has 6 nitrogen and oxygen atoms in total. The molecule has 0 saturated carbocycles. The topological polar surface area (TPSA) is 47.5 Å². The van der Waals surface area contributed by atoms with E-state index in [-0.39, 0.29) is 0 Å². The lowest BCUT2D eigenvalue weighted by atomic mass is 10.2. The third-order valence-electron chi connectivity index (χ3n) is 4.46. The van der Waals surface area contributed by atoms with Crippen molar-refractivity contribution in [3.63, 3.8) is 0 Å². The maximum absolute atomic E-state index is 4.39. The van der Waals surface area contributed by atoms with E-state index in [1.807, 2.05) is 31.4 Å². The molecule has 0 aromatic carbocycles. The summed E-state index contributed by atoms with van der Waals surface area (Å²) < 4.78 is 0. The Kier molecular flexibility index (Phi) is 4.67. The van der Waals surface area contributed by atoms with Gasteiger partial charge < -0.3 is 10.2 Å². The molecule has 0 aliphatic carbocycles. The van der Waals surface area contributed by atoms with Gasteiger partial charge in [0.2, 0.25) is 5.95 Å². The predicted octanol–water partition coefficient (Wildman–Crippen LogP) is 0.0221. The molecule has 6 heteroatoms. The molecule has 0 spiro atoms. The second-order valence-electron chi connectivity index (χ2n) is 6.24. The summed E-state index contributed by atoms with van der Waals surface area (Å²) in [4.78, 5) is 15.9. The predicted molar refractivity (Wildman–Crippen MR) is 84.5 cm³/mol. The van der Waals surface area contributed by atoms with Gasteiger partial charge in [0, 0.05) is 77.4 Å². The van der Waals surface area contributed by atoms with Crippen LogP contribution >= 0.6 is 0 Å². The average Bonchev–Trinajstić information content (AvgIpc) is 3.03. The number of nitrogens with zero attached hydrogens (tertiary/aromatic N) is 5. The molecule has 1 N–H and O–H groups in total. The van der Waals surface area contributed by atoms with E-state index in [4.69, 9.17) is 0 Å². The smallest absolute Gasteiger partial charge is 0.224 e. The maximum Gasteiger partial charge on any atom is 0.224 e. The molecule has 2 aliphatic heterocycles. The maximum atomic E-state index is 4.39. The highest BCUT2D eigenvalue weighted by molar-refractivity contribution is 5.26. The van der Waals surface area contributed by atoms with Gasteiger partial charge in [-0.05, 0) is 13.0 Å². The van der Waals surface area contributed by atoms with E-state index in [1.54, 1.807) is 0 Å². The zero-order valence-corrected chi connectivity index (χ0v) is 13.1. The first-order valence-corrected chi connectivity index (χ1v) is 7.88. The van der Waals surface area contributed by atoms with Crippen molar-refractivity contribution in [2.24, 2.45) is 0 Å². The Morgan fingerprint density at radius 1 is 1.19 bits per heavy atom. The summed E-state index contributed by atoms with van der Waals surface area (Å²) in [7, 11) is 3.93. The van der Waals surface area contributed by atoms with E-state index < -0.39 is 0 Å². The van der Waals surface area contributed by atoms with E-state index in [0.29, 0.717) is 0 Å². The van der Waals surface area contributed by atoms with Crippen LogP contribution < -0.4 is 10.2 Å². The number of nitrogens with one attached hydrogen (secondary N) is 1. The van der Waals surface area contributed by atoms with Crippen LogP contribution in [0.15, 0.2) is 12.4 Å². The minimum absolute atomic E-state index is 0.759. The largest absolute Gasteiger partial charge is 0.347 e. The molecule has 1 unspecified atom stereocenters. The molecule has 21 heavy (non-hydrogen) atoms. The van der Waals surface area contributed by atoms with Crippen LogP contribution in [0.1, 0.15) is 12.0 Å². The average molecular weight is 290 g/mol. The molecule has 0 bridgehead atoms. The van der Waals surface area contributed by atoms with Gasteiger partial charge in [-0.2, -0.15) is 0 Å². The van der Waals surface area contributed by atoms with Crippen LogP contribution in [0.4, 0.5) is 5.95 Å². The molecule has 0 amide bonds. The Labute approximate surface area is 127 Å². The van der Waals surface area contributed by atoms with Crippen LogP contribution in [0.3, 0.4) is 0 Å². The summed E-state index contributed by atoms with van der Waals surface area (Å²) in [5, 5.41) is 3.46. The van der Waals surface area contributed by atoms with Crippen molar-refractivity contribution in [2.75, 3.05) is 58.3 Å². The van der Waals surface area contributed by atoms with Crippen LogP contribution in [-0.2, 0) is 6.54 Å². The lowest BCUT2D eigenvalue weighted by Crippen LogP contribution is -2.50. The second kappa shape index (κ2) is 6.68. The van der Waals surface area contributed by atoms with E-state index in [9.17, 15) is 0 Å². The highest BCUT2D eigenvalue weighted by Gasteiger charge is 2.25. The lowest BCUT2D eigenvalue weighted by molar-refractivity contribution is 0.0980. The third kappa shape index (κ3) is 3.70. The Morgan fingerprint density at radius 2 is 1.90 bits per heavy atom. The quantitative estimate of drug-likeness (QED) is 0.844. The summed E-state index contributed by atoms with van der Waals surface area (Å²) in [5.41, 5.74) is 1.21. The van der Waals surface area contributed by atoms with E-state index in [1.165, 1.54) is 38.2 Å². The highest BCUT2D eigenvalue weighted by atomic mass is 15.3. The molecule has 0 radical (unpaired) electrons. The Balaban J connectivity index is 1.48. The van der Waals surface area contributed by atoms with Gasteiger partial charge in [0.1, 0.15) is 0 Å². The molecular weight excluding hydrogens is 264 g/mol. The summed E-state index contributed by atoms with van der Waals surface area (Å²) >= 11 is 0. The van der Waals surface area contributed by atoms with Gasteiger partial charge in [0.25, 0.3) is 0 Å². The summed E-state index contributed by atoms with van der Waals surface area (Å²) in [6.45, 7) is 7.97. The van der Waals surface area contributed by atoms with Gasteiger partial charge in [-0.1, -0.05) is 0 Å². The number of piperazine rings is 1. The summed E-state index contributed by atoms with van der Waals surface area (Å²) in [6, 6.07) is 0.759. The van der Waals surface area contributed by atoms with Crippen LogP contribution in [0, 0.1) is 0 Å². The zero-order valence-electron chi connectivity index (χ0n) is 13.1. The molecule has 116 valence electrons. The SMILES string of the molecule is CN(C)c1ncc(CN2CCN(C3CCNC3)CC2)cn1. The van der Waals surface area contributed by atoms with E-state index in [2.05, 4.69) is 25.1 Å². The highest BCUT2D eigenvalue weighted by Crippen LogP contribution is 2.14. The van der Waals surface area contributed by atoms with Crippen molar-refractivity contribution in [3.05, 3.63) is 18.0 Å². The molecular formula is C15H26N6. The molecule has 2 saturated heterocycles. The molecule has 1 aromatic rings. The van der Waals surface area contributed by atoms with Crippen LogP contribution in [-0.4, -0.2) is 79.2 Å². The lowest BCUT2D eigenvalue weighted by Gasteiger charge is -2.37. The Hall–Kier alpha value is -1.24.